The van der Waals surface area contributed by atoms with E-state index in [0.29, 0.717) is 0 Å². The maximum atomic E-state index is 12.0. The van der Waals surface area contributed by atoms with Crippen LogP contribution in [0.4, 0.5) is 0 Å². The highest BCUT2D eigenvalue weighted by Crippen LogP contribution is 2.35. The van der Waals surface area contributed by atoms with Crippen LogP contribution < -0.4 is 14.8 Å². The van der Waals surface area contributed by atoms with E-state index in [4.69, 9.17) is 30.0 Å². The largest absolute Gasteiger partial charge is 0.493 e. The summed E-state index contributed by atoms with van der Waals surface area (Å²) in [6, 6.07) is -2.95. The molecule has 1 N–H and O–H groups in total. The Bertz CT molecular complexity index is 1080. The van der Waals surface area contributed by atoms with Gasteiger partial charge < -0.3 is 14.8 Å². The summed E-state index contributed by atoms with van der Waals surface area (Å²) in [6.07, 6.45) is -21.4. The second-order valence-corrected chi connectivity index (χ2v) is 3.83. The van der Waals surface area contributed by atoms with Gasteiger partial charge in [0, 0.05) is 33.9 Å². The van der Waals surface area contributed by atoms with Gasteiger partial charge in [0.2, 0.25) is 5.91 Å². The molecule has 0 aromatic heterocycles. The number of methoxy groups -OCH3 is 1. The molecule has 1 aliphatic heterocycles. The van der Waals surface area contributed by atoms with Crippen molar-refractivity contribution in [3.05, 3.63) is 23.7 Å². The van der Waals surface area contributed by atoms with Crippen molar-refractivity contribution in [2.45, 2.75) is 43.8 Å². The number of nitrogens with one attached hydrogen (secondary N) is 1. The molecule has 3 rings (SSSR count). The number of carbonyl (C=O) groups is 1. The van der Waals surface area contributed by atoms with Crippen molar-refractivity contribution in [3.63, 3.8) is 0 Å². The maximum absolute atomic E-state index is 12.0. The number of carbonyl (C=O) groups excluding carboxylic acids is 1. The highest BCUT2D eigenvalue weighted by atomic mass is 16.5. The minimum atomic E-state index is -3.73. The van der Waals surface area contributed by atoms with E-state index >= 15 is 0 Å². The smallest absolute Gasteiger partial charge is 0.220 e. The molecule has 20 heavy (non-hydrogen) atoms. The van der Waals surface area contributed by atoms with Crippen molar-refractivity contribution < 1.29 is 34.8 Å². The molecule has 1 aromatic rings. The molecular formula is C16H21NO3. The topological polar surface area (TPSA) is 47.6 Å². The lowest BCUT2D eigenvalue weighted by atomic mass is 9.98. The summed E-state index contributed by atoms with van der Waals surface area (Å²) in [7, 11) is 0.933. The van der Waals surface area contributed by atoms with Crippen molar-refractivity contribution in [1.29, 1.82) is 0 Å². The Morgan fingerprint density at radius 1 is 1.40 bits per heavy atom. The first-order valence-corrected chi connectivity index (χ1v) is 5.68. The van der Waals surface area contributed by atoms with Crippen LogP contribution >= 0.6 is 0 Å². The fourth-order valence-corrected chi connectivity index (χ4v) is 1.65. The summed E-state index contributed by atoms with van der Waals surface area (Å²) >= 11 is 0. The average molecular weight is 290 g/mol. The molecule has 4 nitrogen and oxygen atoms in total. The Hall–Kier alpha value is -1.71. The number of rotatable bonds is 4. The van der Waals surface area contributed by atoms with Gasteiger partial charge in [-0.05, 0) is 43.1 Å². The molecule has 4 heteroatoms. The van der Waals surface area contributed by atoms with E-state index in [9.17, 15) is 4.79 Å². The molecular weight excluding hydrogens is 254 g/mol. The number of hydrogen-bond donors (Lipinski definition) is 1. The molecule has 0 spiro atoms. The van der Waals surface area contributed by atoms with E-state index in [2.05, 4.69) is 5.32 Å². The summed E-state index contributed by atoms with van der Waals surface area (Å²) < 4.78 is 132. The average Bonchev–Trinajstić information content (AvgIpc) is 2.96. The van der Waals surface area contributed by atoms with Gasteiger partial charge in [-0.2, -0.15) is 0 Å². The first-order valence-electron chi connectivity index (χ1n) is 13.2. The number of amides is 1. The van der Waals surface area contributed by atoms with E-state index in [1.807, 2.05) is 0 Å². The monoisotopic (exact) mass is 290 g/mol. The van der Waals surface area contributed by atoms with Crippen molar-refractivity contribution >= 4 is 5.91 Å². The zero-order chi connectivity index (χ0) is 27.4. The second kappa shape index (κ2) is 5.73. The van der Waals surface area contributed by atoms with Crippen LogP contribution in [0.15, 0.2) is 18.1 Å². The standard InChI is InChI=1S/C16H21NO3/c1-19-14-7-6-11(12-9-16(18)17-10-12)8-15(14)20-13-4-2-3-5-13/h6-8,12-13H,2-5,9-10H2,1H3,(H,17,18)/i2D2,3D2,4D2,5D2,6D,7D,8D,9D2,12D,13D. The summed E-state index contributed by atoms with van der Waals surface area (Å²) in [4.78, 5) is 12.0. The number of ether oxygens (including phenoxy) is 2. The van der Waals surface area contributed by atoms with Crippen LogP contribution in [-0.2, 0) is 4.79 Å². The fraction of sp³-hybridized carbons (Fsp3) is 0.562. The minimum Gasteiger partial charge on any atom is -0.493 e. The van der Waals surface area contributed by atoms with Gasteiger partial charge in [-0.3, -0.25) is 4.79 Å². The molecule has 0 bridgehead atoms. The Kier molecular flexibility index (Phi) is 1.26. The zero-order valence-electron chi connectivity index (χ0n) is 25.4. The second-order valence-electron chi connectivity index (χ2n) is 3.83. The number of hydrogen-bond acceptors (Lipinski definition) is 3. The fourth-order valence-electron chi connectivity index (χ4n) is 1.65. The summed E-state index contributed by atoms with van der Waals surface area (Å²) in [5, 5.41) is 2.09. The predicted octanol–water partition coefficient (Wildman–Crippen LogP) is 2.62. The van der Waals surface area contributed by atoms with E-state index in [0.717, 1.165) is 7.11 Å². The van der Waals surface area contributed by atoms with Crippen molar-refractivity contribution in [2.24, 2.45) is 0 Å². The molecule has 1 amide bonds. The molecule has 1 saturated carbocycles. The lowest BCUT2D eigenvalue weighted by Gasteiger charge is -2.18. The molecule has 1 unspecified atom stereocenters. The lowest BCUT2D eigenvalue weighted by Crippen LogP contribution is -2.14. The molecule has 1 aromatic carbocycles. The van der Waals surface area contributed by atoms with Gasteiger partial charge in [-0.1, -0.05) is 6.04 Å². The third-order valence-electron chi connectivity index (χ3n) is 2.56. The van der Waals surface area contributed by atoms with Gasteiger partial charge >= 0.3 is 0 Å². The molecule has 108 valence electrons. The van der Waals surface area contributed by atoms with Crippen LogP contribution in [0, 0.1) is 0 Å². The lowest BCUT2D eigenvalue weighted by molar-refractivity contribution is -0.119. The van der Waals surface area contributed by atoms with Crippen LogP contribution in [0.5, 0.6) is 11.5 Å². The Morgan fingerprint density at radius 3 is 2.85 bits per heavy atom. The van der Waals surface area contributed by atoms with Crippen LogP contribution in [0.1, 0.15) is 63.9 Å². The number of benzene rings is 1. The Labute approximate surface area is 140 Å². The normalized spacial score (nSPS) is 51.6. The van der Waals surface area contributed by atoms with E-state index < -0.39 is 91.5 Å². The zero-order valence-corrected chi connectivity index (χ0v) is 10.4. The predicted molar refractivity (Wildman–Crippen MR) is 76.2 cm³/mol. The Balaban J connectivity index is 2.37. The quantitative estimate of drug-likeness (QED) is 0.927. The molecule has 1 atom stereocenters. The van der Waals surface area contributed by atoms with Crippen molar-refractivity contribution in [3.8, 4) is 11.5 Å². The summed E-state index contributed by atoms with van der Waals surface area (Å²) in [6.45, 7) is -0.736. The summed E-state index contributed by atoms with van der Waals surface area (Å²) in [5.41, 5.74) is -0.879. The molecule has 1 aliphatic carbocycles. The van der Waals surface area contributed by atoms with E-state index in [1.165, 1.54) is 0 Å². The summed E-state index contributed by atoms with van der Waals surface area (Å²) in [5.74, 6) is -5.83. The van der Waals surface area contributed by atoms with Crippen LogP contribution in [0.3, 0.4) is 0 Å². The van der Waals surface area contributed by atoms with Gasteiger partial charge in [0.05, 0.1) is 18.7 Å². The molecule has 2 fully saturated rings. The van der Waals surface area contributed by atoms with Crippen LogP contribution in [0.2, 0.25) is 0 Å². The molecule has 1 heterocycles. The van der Waals surface area contributed by atoms with Gasteiger partial charge in [0.25, 0.3) is 0 Å². The van der Waals surface area contributed by atoms with Crippen molar-refractivity contribution in [2.75, 3.05) is 13.7 Å². The molecule has 2 aliphatic rings. The highest BCUT2D eigenvalue weighted by molar-refractivity contribution is 5.79. The van der Waals surface area contributed by atoms with Crippen LogP contribution in [0.25, 0.3) is 0 Å². The first kappa shape index (κ1) is 4.39. The third-order valence-corrected chi connectivity index (χ3v) is 2.56. The Morgan fingerprint density at radius 2 is 2.20 bits per heavy atom. The van der Waals surface area contributed by atoms with E-state index in [1.54, 1.807) is 0 Å². The SMILES string of the molecule is [2H]c1c([2H])c(C2([2H])CNC(=O)C2([2H])[2H])c([2H])c(OC2([2H])C([2H])([2H])C([2H])([2H])C([2H])([2H])C2([2H])[2H])c1OC. The third kappa shape index (κ3) is 2.74. The minimum absolute atomic E-state index is 0.736. The first-order chi connectivity index (χ1) is 15.5. The maximum Gasteiger partial charge on any atom is 0.220 e. The van der Waals surface area contributed by atoms with Gasteiger partial charge in [0.1, 0.15) is 0 Å². The van der Waals surface area contributed by atoms with Crippen molar-refractivity contribution in [1.82, 2.24) is 5.32 Å². The molecule has 1 saturated heterocycles. The van der Waals surface area contributed by atoms with Crippen LogP contribution in [-0.4, -0.2) is 25.6 Å². The highest BCUT2D eigenvalue weighted by Gasteiger charge is 2.25. The van der Waals surface area contributed by atoms with Gasteiger partial charge in [-0.15, -0.1) is 0 Å². The molecule has 0 radical (unpaired) electrons. The van der Waals surface area contributed by atoms with Gasteiger partial charge in [0.15, 0.2) is 11.5 Å². The van der Waals surface area contributed by atoms with E-state index in [-0.39, 0.29) is 0 Å². The van der Waals surface area contributed by atoms with Gasteiger partial charge in [-0.25, -0.2) is 0 Å².